The van der Waals surface area contributed by atoms with E-state index in [2.05, 4.69) is 5.32 Å². The van der Waals surface area contributed by atoms with Crippen LogP contribution in [0.15, 0.2) is 66.7 Å². The first-order valence-electron chi connectivity index (χ1n) is 10.1. The van der Waals surface area contributed by atoms with Crippen LogP contribution in [-0.2, 0) is 16.4 Å². The van der Waals surface area contributed by atoms with Gasteiger partial charge in [-0.3, -0.25) is 9.10 Å². The van der Waals surface area contributed by atoms with E-state index in [4.69, 9.17) is 0 Å². The lowest BCUT2D eigenvalue weighted by atomic mass is 10.0. The highest BCUT2D eigenvalue weighted by molar-refractivity contribution is 7.92. The van der Waals surface area contributed by atoms with E-state index in [9.17, 15) is 17.6 Å². The Morgan fingerprint density at radius 2 is 1.74 bits per heavy atom. The molecule has 0 saturated carbocycles. The van der Waals surface area contributed by atoms with Gasteiger partial charge in [0.15, 0.2) is 0 Å². The van der Waals surface area contributed by atoms with E-state index in [-0.39, 0.29) is 17.9 Å². The van der Waals surface area contributed by atoms with Crippen LogP contribution in [0.2, 0.25) is 0 Å². The van der Waals surface area contributed by atoms with Gasteiger partial charge in [0.2, 0.25) is 10.0 Å². The molecule has 5 nitrogen and oxygen atoms in total. The smallest absolute Gasteiger partial charge is 0.254 e. The summed E-state index contributed by atoms with van der Waals surface area (Å²) in [6.45, 7) is 2.27. The zero-order valence-corrected chi connectivity index (χ0v) is 18.0. The molecule has 160 valence electrons. The number of nitrogens with one attached hydrogen (secondary N) is 1. The van der Waals surface area contributed by atoms with Gasteiger partial charge in [0, 0.05) is 13.1 Å². The molecule has 1 heterocycles. The minimum Gasteiger partial charge on any atom is -0.351 e. The number of hydrogen-bond donors (Lipinski definition) is 1. The van der Waals surface area contributed by atoms with Crippen LogP contribution in [0, 0.1) is 12.7 Å². The van der Waals surface area contributed by atoms with Gasteiger partial charge in [-0.25, -0.2) is 12.8 Å². The van der Waals surface area contributed by atoms with Crippen LogP contribution >= 0.6 is 0 Å². The third-order valence-electron chi connectivity index (χ3n) is 5.42. The van der Waals surface area contributed by atoms with Crippen molar-refractivity contribution in [3.05, 3.63) is 89.2 Å². The fourth-order valence-electron chi connectivity index (χ4n) is 3.72. The third kappa shape index (κ3) is 4.46. The van der Waals surface area contributed by atoms with E-state index < -0.39 is 21.7 Å². The molecule has 3 aromatic rings. The maximum absolute atomic E-state index is 14.6. The molecule has 0 aliphatic carbocycles. The van der Waals surface area contributed by atoms with E-state index in [0.29, 0.717) is 24.2 Å². The summed E-state index contributed by atoms with van der Waals surface area (Å²) in [7, 11) is -3.58. The Hall–Kier alpha value is -3.19. The van der Waals surface area contributed by atoms with Gasteiger partial charge < -0.3 is 5.32 Å². The van der Waals surface area contributed by atoms with E-state index in [0.717, 1.165) is 16.7 Å². The lowest BCUT2D eigenvalue weighted by Gasteiger charge is -2.19. The van der Waals surface area contributed by atoms with Crippen molar-refractivity contribution >= 4 is 21.6 Å². The molecule has 31 heavy (non-hydrogen) atoms. The minimum atomic E-state index is -3.58. The number of para-hydroxylation sites is 1. The molecule has 0 radical (unpaired) electrons. The van der Waals surface area contributed by atoms with Gasteiger partial charge in [0.1, 0.15) is 5.82 Å². The maximum atomic E-state index is 14.6. The van der Waals surface area contributed by atoms with Crippen LogP contribution in [0.1, 0.15) is 21.5 Å². The van der Waals surface area contributed by atoms with Crippen molar-refractivity contribution in [3.63, 3.8) is 0 Å². The highest BCUT2D eigenvalue weighted by atomic mass is 32.2. The van der Waals surface area contributed by atoms with Crippen LogP contribution in [0.5, 0.6) is 0 Å². The quantitative estimate of drug-likeness (QED) is 0.634. The molecule has 1 N–H and O–H groups in total. The third-order valence-corrected chi connectivity index (χ3v) is 7.20. The summed E-state index contributed by atoms with van der Waals surface area (Å²) < 4.78 is 41.3. The van der Waals surface area contributed by atoms with Crippen molar-refractivity contribution in [1.82, 2.24) is 5.32 Å². The highest BCUT2D eigenvalue weighted by Crippen LogP contribution is 2.30. The normalized spacial score (nSPS) is 13.2. The molecule has 0 aromatic heterocycles. The fraction of sp³-hybridized carbons (Fsp3) is 0.208. The van der Waals surface area contributed by atoms with E-state index in [1.54, 1.807) is 18.2 Å². The van der Waals surface area contributed by atoms with Crippen LogP contribution in [0.4, 0.5) is 10.1 Å². The van der Waals surface area contributed by atoms with Gasteiger partial charge in [-0.15, -0.1) is 0 Å². The molecule has 0 atom stereocenters. The summed E-state index contributed by atoms with van der Waals surface area (Å²) in [5, 5.41) is 2.53. The van der Waals surface area contributed by atoms with Crippen molar-refractivity contribution in [2.75, 3.05) is 23.1 Å². The van der Waals surface area contributed by atoms with Crippen molar-refractivity contribution in [3.8, 4) is 11.1 Å². The molecule has 1 aliphatic rings. The molecule has 1 amide bonds. The molecule has 4 rings (SSSR count). The molecule has 0 unspecified atom stereocenters. The largest absolute Gasteiger partial charge is 0.351 e. The van der Waals surface area contributed by atoms with Gasteiger partial charge in [-0.2, -0.15) is 0 Å². The van der Waals surface area contributed by atoms with E-state index in [1.807, 2.05) is 43.3 Å². The van der Waals surface area contributed by atoms with Gasteiger partial charge in [-0.05, 0) is 48.2 Å². The molecule has 1 aliphatic heterocycles. The lowest BCUT2D eigenvalue weighted by molar-refractivity contribution is 0.0952. The first-order valence-corrected chi connectivity index (χ1v) is 11.7. The zero-order valence-electron chi connectivity index (χ0n) is 17.1. The molecule has 7 heteroatoms. The van der Waals surface area contributed by atoms with E-state index in [1.165, 1.54) is 16.4 Å². The maximum Gasteiger partial charge on any atom is 0.254 e. The first kappa shape index (κ1) is 21.1. The first-order chi connectivity index (χ1) is 14.8. The monoisotopic (exact) mass is 438 g/mol. The average molecular weight is 439 g/mol. The molecule has 0 fully saturated rings. The van der Waals surface area contributed by atoms with Crippen molar-refractivity contribution in [1.29, 1.82) is 0 Å². The SMILES string of the molecule is Cc1ccc(-c2ccc(C(=O)NCCS(=O)(=O)N3CCc4ccccc43)c(F)c2)cc1. The standard InChI is InChI=1S/C24H23FN2O3S/c1-17-6-8-18(9-7-17)20-10-11-21(22(25)16-20)24(28)26-13-15-31(29,30)27-14-12-19-4-2-3-5-23(19)27/h2-11,16H,12-15H2,1H3,(H,26,28). The second-order valence-corrected chi connectivity index (χ2v) is 9.60. The number of carbonyl (C=O) groups excluding carboxylic acids is 1. The van der Waals surface area contributed by atoms with Gasteiger partial charge in [0.05, 0.1) is 17.0 Å². The van der Waals surface area contributed by atoms with E-state index >= 15 is 0 Å². The van der Waals surface area contributed by atoms with Gasteiger partial charge in [-0.1, -0.05) is 54.1 Å². The zero-order chi connectivity index (χ0) is 22.0. The summed E-state index contributed by atoms with van der Waals surface area (Å²) in [4.78, 5) is 12.4. The Labute approximate surface area is 181 Å². The Kier molecular flexibility index (Phi) is 5.78. The molecular formula is C24H23FN2O3S. The van der Waals surface area contributed by atoms with Gasteiger partial charge in [0.25, 0.3) is 5.91 Å². The summed E-state index contributed by atoms with van der Waals surface area (Å²) >= 11 is 0. The number of amides is 1. The van der Waals surface area contributed by atoms with Crippen molar-refractivity contribution in [2.45, 2.75) is 13.3 Å². The summed E-state index contributed by atoms with van der Waals surface area (Å²) in [5.41, 5.74) is 4.20. The number of rotatable bonds is 6. The fourth-order valence-corrected chi connectivity index (χ4v) is 5.15. The topological polar surface area (TPSA) is 66.5 Å². The summed E-state index contributed by atoms with van der Waals surface area (Å²) in [5.74, 6) is -1.53. The summed E-state index contributed by atoms with van der Waals surface area (Å²) in [6.07, 6.45) is 0.667. The highest BCUT2D eigenvalue weighted by Gasteiger charge is 2.28. The lowest BCUT2D eigenvalue weighted by Crippen LogP contribution is -2.37. The Morgan fingerprint density at radius 1 is 1.03 bits per heavy atom. The number of aryl methyl sites for hydroxylation is 1. The van der Waals surface area contributed by atoms with Crippen LogP contribution in [0.3, 0.4) is 0 Å². The number of anilines is 1. The predicted octanol–water partition coefficient (Wildman–Crippen LogP) is 3.92. The van der Waals surface area contributed by atoms with Crippen LogP contribution in [0.25, 0.3) is 11.1 Å². The molecule has 3 aromatic carbocycles. The van der Waals surface area contributed by atoms with Crippen LogP contribution in [-0.4, -0.2) is 33.2 Å². The number of halogens is 1. The number of sulfonamides is 1. The summed E-state index contributed by atoms with van der Waals surface area (Å²) in [6, 6.07) is 19.5. The van der Waals surface area contributed by atoms with Gasteiger partial charge >= 0.3 is 0 Å². The number of benzene rings is 3. The Bertz CT molecular complexity index is 1220. The second-order valence-electron chi connectivity index (χ2n) is 7.58. The van der Waals surface area contributed by atoms with Crippen molar-refractivity contribution in [2.24, 2.45) is 0 Å². The Balaban J connectivity index is 1.39. The number of nitrogens with zero attached hydrogens (tertiary/aromatic N) is 1. The number of fused-ring (bicyclic) bond motifs is 1. The van der Waals surface area contributed by atoms with Crippen molar-refractivity contribution < 1.29 is 17.6 Å². The van der Waals surface area contributed by atoms with Crippen LogP contribution < -0.4 is 9.62 Å². The molecule has 0 saturated heterocycles. The predicted molar refractivity (Wildman–Crippen MR) is 120 cm³/mol. The molecule has 0 bridgehead atoms. The second kappa shape index (κ2) is 8.51. The minimum absolute atomic E-state index is 0.0982. The number of carbonyl (C=O) groups is 1. The molecule has 0 spiro atoms. The molecular weight excluding hydrogens is 415 g/mol. The Morgan fingerprint density at radius 3 is 2.48 bits per heavy atom. The number of hydrogen-bond acceptors (Lipinski definition) is 3. The average Bonchev–Trinajstić information content (AvgIpc) is 3.19.